The van der Waals surface area contributed by atoms with E-state index in [0.29, 0.717) is 11.0 Å². The Morgan fingerprint density at radius 1 is 1.38 bits per heavy atom. The lowest BCUT2D eigenvalue weighted by Crippen LogP contribution is -2.28. The van der Waals surface area contributed by atoms with Crippen LogP contribution in [-0.4, -0.2) is 17.3 Å². The first-order chi connectivity index (χ1) is 10.2. The zero-order valence-electron chi connectivity index (χ0n) is 11.9. The van der Waals surface area contributed by atoms with Gasteiger partial charge in [-0.2, -0.15) is 0 Å². The van der Waals surface area contributed by atoms with Crippen molar-refractivity contribution in [1.82, 2.24) is 0 Å². The maximum absolute atomic E-state index is 5.99. The SMILES string of the molecule is CSc1cccc(N(Cc2ccco2)C2CC2)c1C(N)=S. The standard InChI is InChI=1S/C16H18N2OS2/c1-21-14-6-2-5-13(15(14)16(17)20)18(11-7-8-11)10-12-4-3-9-19-12/h2-6,9,11H,7-8,10H2,1H3,(H2,17,20). The number of furan rings is 1. The molecule has 0 bridgehead atoms. The number of nitrogens with two attached hydrogens (primary N) is 1. The number of thioether (sulfide) groups is 1. The van der Waals surface area contributed by atoms with E-state index < -0.39 is 0 Å². The number of hydrogen-bond acceptors (Lipinski definition) is 4. The Hall–Kier alpha value is -1.46. The molecule has 21 heavy (non-hydrogen) atoms. The molecule has 3 nitrogen and oxygen atoms in total. The van der Waals surface area contributed by atoms with Crippen LogP contribution in [0.4, 0.5) is 5.69 Å². The zero-order chi connectivity index (χ0) is 14.8. The minimum Gasteiger partial charge on any atom is -0.467 e. The summed E-state index contributed by atoms with van der Waals surface area (Å²) >= 11 is 6.97. The summed E-state index contributed by atoms with van der Waals surface area (Å²) in [7, 11) is 0. The second kappa shape index (κ2) is 6.12. The number of rotatable bonds is 6. The fourth-order valence-electron chi connectivity index (χ4n) is 2.54. The lowest BCUT2D eigenvalue weighted by molar-refractivity contribution is 0.501. The summed E-state index contributed by atoms with van der Waals surface area (Å²) in [6.45, 7) is 0.755. The summed E-state index contributed by atoms with van der Waals surface area (Å²) in [6, 6.07) is 10.7. The van der Waals surface area contributed by atoms with Gasteiger partial charge in [-0.05, 0) is 43.4 Å². The van der Waals surface area contributed by atoms with Crippen LogP contribution in [0.15, 0.2) is 45.9 Å². The molecule has 1 aromatic heterocycles. The third-order valence-corrected chi connectivity index (χ3v) is 4.66. The highest BCUT2D eigenvalue weighted by Crippen LogP contribution is 2.37. The number of anilines is 1. The fraction of sp³-hybridized carbons (Fsp3) is 0.312. The van der Waals surface area contributed by atoms with Gasteiger partial charge in [0.2, 0.25) is 0 Å². The van der Waals surface area contributed by atoms with Gasteiger partial charge in [-0.3, -0.25) is 0 Å². The Kier molecular flexibility index (Phi) is 4.22. The van der Waals surface area contributed by atoms with Crippen molar-refractivity contribution in [3.8, 4) is 0 Å². The second-order valence-electron chi connectivity index (χ2n) is 5.16. The highest BCUT2D eigenvalue weighted by atomic mass is 32.2. The average molecular weight is 318 g/mol. The minimum absolute atomic E-state index is 0.458. The number of benzene rings is 1. The van der Waals surface area contributed by atoms with E-state index in [1.54, 1.807) is 18.0 Å². The largest absolute Gasteiger partial charge is 0.467 e. The number of nitrogens with zero attached hydrogens (tertiary/aromatic N) is 1. The molecular formula is C16H18N2OS2. The molecule has 0 spiro atoms. The van der Waals surface area contributed by atoms with Gasteiger partial charge in [-0.25, -0.2) is 0 Å². The van der Waals surface area contributed by atoms with Gasteiger partial charge in [0.15, 0.2) is 0 Å². The molecule has 0 amide bonds. The second-order valence-corrected chi connectivity index (χ2v) is 6.44. The van der Waals surface area contributed by atoms with E-state index in [1.165, 1.54) is 12.8 Å². The molecule has 110 valence electrons. The molecule has 2 N–H and O–H groups in total. The Bertz CT molecular complexity index is 636. The summed E-state index contributed by atoms with van der Waals surface area (Å²) < 4.78 is 5.51. The van der Waals surface area contributed by atoms with Crippen LogP contribution < -0.4 is 10.6 Å². The van der Waals surface area contributed by atoms with Crippen LogP contribution in [0, 0.1) is 0 Å². The molecule has 0 saturated heterocycles. The first-order valence-electron chi connectivity index (χ1n) is 6.96. The molecule has 2 aromatic rings. The van der Waals surface area contributed by atoms with E-state index in [9.17, 15) is 0 Å². The molecule has 0 unspecified atom stereocenters. The molecular weight excluding hydrogens is 300 g/mol. The molecule has 1 heterocycles. The van der Waals surface area contributed by atoms with Crippen molar-refractivity contribution in [3.63, 3.8) is 0 Å². The van der Waals surface area contributed by atoms with Gasteiger partial charge in [0, 0.05) is 22.2 Å². The summed E-state index contributed by atoms with van der Waals surface area (Å²) in [5.41, 5.74) is 8.09. The van der Waals surface area contributed by atoms with Crippen molar-refractivity contribution in [1.29, 1.82) is 0 Å². The van der Waals surface area contributed by atoms with Crippen LogP contribution in [-0.2, 0) is 6.54 Å². The molecule has 1 aliphatic carbocycles. The van der Waals surface area contributed by atoms with Crippen molar-refractivity contribution in [3.05, 3.63) is 47.9 Å². The summed E-state index contributed by atoms with van der Waals surface area (Å²) in [5, 5.41) is 0. The normalized spacial score (nSPS) is 14.1. The minimum atomic E-state index is 0.458. The van der Waals surface area contributed by atoms with E-state index in [1.807, 2.05) is 12.1 Å². The number of hydrogen-bond donors (Lipinski definition) is 1. The highest BCUT2D eigenvalue weighted by molar-refractivity contribution is 7.98. The maximum atomic E-state index is 5.99. The summed E-state index contributed by atoms with van der Waals surface area (Å²) in [4.78, 5) is 3.96. The summed E-state index contributed by atoms with van der Waals surface area (Å²) in [5.74, 6) is 0.963. The smallest absolute Gasteiger partial charge is 0.123 e. The van der Waals surface area contributed by atoms with Gasteiger partial charge in [-0.1, -0.05) is 18.3 Å². The van der Waals surface area contributed by atoms with E-state index in [0.717, 1.165) is 28.5 Å². The van der Waals surface area contributed by atoms with E-state index in [4.69, 9.17) is 22.4 Å². The van der Waals surface area contributed by atoms with Crippen LogP contribution in [0.5, 0.6) is 0 Å². The van der Waals surface area contributed by atoms with Gasteiger partial charge < -0.3 is 15.1 Å². The van der Waals surface area contributed by atoms with Gasteiger partial charge in [0.25, 0.3) is 0 Å². The number of thiocarbonyl (C=S) groups is 1. The zero-order valence-corrected chi connectivity index (χ0v) is 13.5. The van der Waals surface area contributed by atoms with Gasteiger partial charge in [-0.15, -0.1) is 11.8 Å². The molecule has 0 radical (unpaired) electrons. The van der Waals surface area contributed by atoms with Crippen LogP contribution >= 0.6 is 24.0 Å². The van der Waals surface area contributed by atoms with Crippen molar-refractivity contribution >= 4 is 34.7 Å². The molecule has 3 rings (SSSR count). The molecule has 0 atom stereocenters. The highest BCUT2D eigenvalue weighted by Gasteiger charge is 2.31. The van der Waals surface area contributed by atoms with Crippen molar-refractivity contribution in [2.45, 2.75) is 30.3 Å². The topological polar surface area (TPSA) is 42.4 Å². The van der Waals surface area contributed by atoms with Crippen LogP contribution in [0.3, 0.4) is 0 Å². The van der Waals surface area contributed by atoms with Crippen molar-refractivity contribution < 1.29 is 4.42 Å². The lowest BCUT2D eigenvalue weighted by Gasteiger charge is -2.27. The predicted octanol–water partition coefficient (Wildman–Crippen LogP) is 3.80. The molecule has 1 fully saturated rings. The molecule has 5 heteroatoms. The third kappa shape index (κ3) is 3.09. The monoisotopic (exact) mass is 318 g/mol. The third-order valence-electron chi connectivity index (χ3n) is 3.67. The van der Waals surface area contributed by atoms with Crippen molar-refractivity contribution in [2.24, 2.45) is 5.73 Å². The molecule has 1 aromatic carbocycles. The van der Waals surface area contributed by atoms with Crippen LogP contribution in [0.1, 0.15) is 24.2 Å². The average Bonchev–Trinajstić information content (AvgIpc) is 3.20. The van der Waals surface area contributed by atoms with Crippen LogP contribution in [0.2, 0.25) is 0 Å². The van der Waals surface area contributed by atoms with Gasteiger partial charge in [0.1, 0.15) is 10.7 Å². The maximum Gasteiger partial charge on any atom is 0.123 e. The van der Waals surface area contributed by atoms with Gasteiger partial charge >= 0.3 is 0 Å². The molecule has 1 saturated carbocycles. The van der Waals surface area contributed by atoms with Crippen molar-refractivity contribution in [2.75, 3.05) is 11.2 Å². The quantitative estimate of drug-likeness (QED) is 0.648. The predicted molar refractivity (Wildman–Crippen MR) is 92.0 cm³/mol. The fourth-order valence-corrected chi connectivity index (χ4v) is 3.46. The van der Waals surface area contributed by atoms with E-state index in [2.05, 4.69) is 29.4 Å². The molecule has 0 aliphatic heterocycles. The first kappa shape index (κ1) is 14.5. The van der Waals surface area contributed by atoms with E-state index in [-0.39, 0.29) is 0 Å². The van der Waals surface area contributed by atoms with Crippen LogP contribution in [0.25, 0.3) is 0 Å². The Morgan fingerprint density at radius 2 is 2.19 bits per heavy atom. The van der Waals surface area contributed by atoms with Gasteiger partial charge in [0.05, 0.1) is 12.8 Å². The Labute approximate surface area is 134 Å². The lowest BCUT2D eigenvalue weighted by atomic mass is 10.1. The Morgan fingerprint density at radius 3 is 2.76 bits per heavy atom. The first-order valence-corrected chi connectivity index (χ1v) is 8.60. The Balaban J connectivity index is 2.01. The molecule has 1 aliphatic rings. The summed E-state index contributed by atoms with van der Waals surface area (Å²) in [6.07, 6.45) is 6.18. The van der Waals surface area contributed by atoms with E-state index >= 15 is 0 Å².